The van der Waals surface area contributed by atoms with Gasteiger partial charge in [-0.1, -0.05) is 30.3 Å². The number of nitrogens with one attached hydrogen (secondary N) is 4. The summed E-state index contributed by atoms with van der Waals surface area (Å²) in [5, 5.41) is 33.9. The molecular weight excluding hydrogens is 839 g/mol. The third-order valence-corrected chi connectivity index (χ3v) is 8.15. The highest BCUT2D eigenvalue weighted by Crippen LogP contribution is 2.21. The third-order valence-electron chi connectivity index (χ3n) is 8.15. The van der Waals surface area contributed by atoms with Crippen molar-refractivity contribution >= 4 is 64.3 Å². The Kier molecular flexibility index (Phi) is 29.0. The Bertz CT molecular complexity index is 1980. The van der Waals surface area contributed by atoms with Gasteiger partial charge in [-0.15, -0.1) is 0 Å². The van der Waals surface area contributed by atoms with E-state index in [0.717, 1.165) is 31.9 Å². The molecule has 0 aliphatic heterocycles. The number of nitrogens with zero attached hydrogens (tertiary/aromatic N) is 1. The fraction of sp³-hybridized carbons (Fsp3) is 0.452. The number of hydrogen-bond acceptors (Lipinski definition) is 13. The summed E-state index contributed by atoms with van der Waals surface area (Å²) in [4.78, 5) is 96.7. The van der Waals surface area contributed by atoms with Crippen LogP contribution < -0.4 is 49.8 Å². The Balaban J connectivity index is 0.00000293. The minimum atomic E-state index is -1.07. The van der Waals surface area contributed by atoms with E-state index in [1.165, 1.54) is 12.1 Å². The topological polar surface area (TPSA) is 384 Å². The fourth-order valence-electron chi connectivity index (χ4n) is 5.38. The normalized spacial score (nSPS) is 11.4. The number of aryl methyl sites for hydroxylation is 1. The van der Waals surface area contributed by atoms with Gasteiger partial charge >= 0.3 is 11.7 Å². The number of carbonyl (C=O) groups excluding carboxylic acids is 4. The van der Waals surface area contributed by atoms with Crippen molar-refractivity contribution in [2.45, 2.75) is 104 Å². The van der Waals surface area contributed by atoms with E-state index in [1.807, 2.05) is 18.2 Å². The quantitative estimate of drug-likeness (QED) is 0.0315. The number of benzene rings is 2. The first kappa shape index (κ1) is 56.9. The summed E-state index contributed by atoms with van der Waals surface area (Å²) >= 11 is 0. The van der Waals surface area contributed by atoms with Gasteiger partial charge in [0.05, 0.1) is 0 Å². The maximum atomic E-state index is 13.8. The molecule has 3 unspecified atom stereocenters. The lowest BCUT2D eigenvalue weighted by Crippen LogP contribution is -2.56. The highest BCUT2D eigenvalue weighted by Gasteiger charge is 2.30. The Labute approximate surface area is 370 Å². The van der Waals surface area contributed by atoms with Gasteiger partial charge in [0.1, 0.15) is 30.3 Å². The summed E-state index contributed by atoms with van der Waals surface area (Å²) in [7, 11) is 0. The van der Waals surface area contributed by atoms with Crippen molar-refractivity contribution < 1.29 is 58.0 Å². The third kappa shape index (κ3) is 27.7. The van der Waals surface area contributed by atoms with Crippen LogP contribution in [0.25, 0.3) is 11.0 Å². The van der Waals surface area contributed by atoms with Gasteiger partial charge in [-0.05, 0) is 94.6 Å². The molecule has 3 rings (SSSR count). The molecule has 0 saturated heterocycles. The van der Waals surface area contributed by atoms with Gasteiger partial charge in [-0.25, -0.2) is 9.59 Å². The van der Waals surface area contributed by atoms with E-state index in [4.69, 9.17) is 61.8 Å². The summed E-state index contributed by atoms with van der Waals surface area (Å²) in [6, 6.07) is 12.2. The van der Waals surface area contributed by atoms with E-state index >= 15 is 0 Å². The summed E-state index contributed by atoms with van der Waals surface area (Å²) in [6.45, 7) is 6.01. The number of unbranched alkanes of at least 4 members (excludes halogenated alkanes) is 2. The van der Waals surface area contributed by atoms with Crippen molar-refractivity contribution in [1.29, 1.82) is 0 Å². The molecule has 3 atom stereocenters. The first-order valence-electron chi connectivity index (χ1n) is 20.2. The molecule has 0 aliphatic carbocycles. The van der Waals surface area contributed by atoms with E-state index in [0.29, 0.717) is 56.3 Å². The molecule has 0 fully saturated rings. The second-order valence-electron chi connectivity index (χ2n) is 13.9. The number of guanidine groups is 1. The number of nitrogens with two attached hydrogens (primary N) is 4. The molecule has 0 spiro atoms. The van der Waals surface area contributed by atoms with E-state index in [9.17, 15) is 24.0 Å². The Morgan fingerprint density at radius 3 is 1.67 bits per heavy atom. The van der Waals surface area contributed by atoms with Crippen LogP contribution in [0.2, 0.25) is 0 Å². The zero-order chi connectivity index (χ0) is 48.6. The van der Waals surface area contributed by atoms with Gasteiger partial charge in [0, 0.05) is 50.5 Å². The van der Waals surface area contributed by atoms with Crippen molar-refractivity contribution in [1.82, 2.24) is 16.0 Å². The lowest BCUT2D eigenvalue weighted by atomic mass is 10.0. The van der Waals surface area contributed by atoms with Crippen LogP contribution in [0, 0.1) is 6.92 Å². The van der Waals surface area contributed by atoms with Gasteiger partial charge in [0.15, 0.2) is 5.96 Å². The number of carboxylic acid groups (broad SMARTS) is 3. The highest BCUT2D eigenvalue weighted by atomic mass is 16.5. The van der Waals surface area contributed by atoms with Gasteiger partial charge in [-0.2, -0.15) is 0 Å². The molecule has 2 aromatic carbocycles. The van der Waals surface area contributed by atoms with Crippen molar-refractivity contribution in [2.75, 3.05) is 25.0 Å². The zero-order valence-electron chi connectivity index (χ0n) is 36.6. The van der Waals surface area contributed by atoms with Gasteiger partial charge in [-0.3, -0.25) is 33.8 Å². The number of anilines is 1. The smallest absolute Gasteiger partial charge is 0.408 e. The summed E-state index contributed by atoms with van der Waals surface area (Å²) in [6.07, 6.45) is 2.40. The van der Waals surface area contributed by atoms with E-state index in [2.05, 4.69) is 26.3 Å². The number of carbonyl (C=O) groups is 7. The van der Waals surface area contributed by atoms with Crippen molar-refractivity contribution in [3.63, 3.8) is 0 Å². The van der Waals surface area contributed by atoms with Gasteiger partial charge in [0.2, 0.25) is 17.7 Å². The minimum Gasteiger partial charge on any atom is -0.481 e. The maximum Gasteiger partial charge on any atom is 0.408 e. The molecule has 1 heterocycles. The predicted octanol–water partition coefficient (Wildman–Crippen LogP) is 1.89. The molecule has 4 amide bonds. The number of alkyl carbamates (subject to hydrolysis) is 1. The monoisotopic (exact) mass is 901 g/mol. The van der Waals surface area contributed by atoms with Crippen molar-refractivity contribution in [3.8, 4) is 0 Å². The maximum absolute atomic E-state index is 13.8. The number of rotatable bonds is 21. The van der Waals surface area contributed by atoms with Crippen LogP contribution >= 0.6 is 0 Å². The second-order valence-corrected chi connectivity index (χ2v) is 13.9. The minimum absolute atomic E-state index is 0.00780. The van der Waals surface area contributed by atoms with Gasteiger partial charge in [0.25, 0.3) is 17.9 Å². The number of aliphatic imine (C=N–C) groups is 1. The summed E-state index contributed by atoms with van der Waals surface area (Å²) < 4.78 is 10.6. The van der Waals surface area contributed by atoms with Crippen LogP contribution in [-0.4, -0.2) is 101 Å². The molecule has 0 bridgehead atoms. The first-order chi connectivity index (χ1) is 30.2. The summed E-state index contributed by atoms with van der Waals surface area (Å²) in [5.41, 5.74) is 23.9. The molecule has 354 valence electrons. The molecule has 3 aromatic rings. The van der Waals surface area contributed by atoms with E-state index in [-0.39, 0.29) is 44.0 Å². The molecular formula is C42H63N9O13. The Hall–Kier alpha value is -7.07. The Morgan fingerprint density at radius 1 is 0.688 bits per heavy atom. The van der Waals surface area contributed by atoms with E-state index < -0.39 is 65.5 Å². The molecule has 22 heteroatoms. The lowest BCUT2D eigenvalue weighted by molar-refractivity contribution is -0.135. The van der Waals surface area contributed by atoms with Crippen molar-refractivity contribution in [3.05, 3.63) is 76.1 Å². The van der Waals surface area contributed by atoms with Crippen molar-refractivity contribution in [2.24, 2.45) is 27.9 Å². The molecule has 0 aliphatic rings. The largest absolute Gasteiger partial charge is 0.481 e. The lowest BCUT2D eigenvalue weighted by Gasteiger charge is -2.25. The van der Waals surface area contributed by atoms with Gasteiger partial charge < -0.3 is 68.7 Å². The SMILES string of the molecule is CC(=O)O.CC(=O)O.CC(=O)O.Cc1cc(=O)oc2cc(NC(=O)C(CCCN=C(N)N)NC(=O)C(CCCCN)NC(=O)C(CCCCN)NC(=O)OCc3ccccc3)ccc12. The van der Waals surface area contributed by atoms with Crippen LogP contribution in [-0.2, 0) is 40.1 Å². The molecule has 0 saturated carbocycles. The summed E-state index contributed by atoms with van der Waals surface area (Å²) in [5.74, 6) is -4.37. The number of carboxylic acids is 3. The van der Waals surface area contributed by atoms with Crippen LogP contribution in [0.4, 0.5) is 10.5 Å². The molecule has 15 N–H and O–H groups in total. The molecule has 64 heavy (non-hydrogen) atoms. The number of fused-ring (bicyclic) bond motifs is 1. The Morgan fingerprint density at radius 2 is 1.17 bits per heavy atom. The fourth-order valence-corrected chi connectivity index (χ4v) is 5.38. The second kappa shape index (κ2) is 32.6. The highest BCUT2D eigenvalue weighted by molar-refractivity contribution is 6.00. The number of ether oxygens (including phenoxy) is 1. The standard InChI is InChI=1S/C36H51N9O7.3C2H4O2/c1-23-20-31(46)52-30-21-25(15-16-26(23)30)42-32(47)28(14-9-19-41-35(39)40)44-33(48)27(12-5-7-17-37)43-34(49)29(13-6-8-18-38)45-36(50)51-22-24-10-3-2-4-11-24;3*1-2(3)4/h2-4,10-11,15-16,20-21,27-29H,5-9,12-14,17-19,22,37-38H2,1H3,(H,42,47)(H,43,49)(H,44,48)(H,45,50)(H4,39,40,41);3*1H3,(H,3,4). The number of aliphatic carboxylic acids is 3. The van der Waals surface area contributed by atoms with Crippen LogP contribution in [0.1, 0.15) is 83.3 Å². The predicted molar refractivity (Wildman–Crippen MR) is 239 cm³/mol. The van der Waals surface area contributed by atoms with Crippen LogP contribution in [0.15, 0.2) is 68.8 Å². The van der Waals surface area contributed by atoms with Crippen LogP contribution in [0.3, 0.4) is 0 Å². The number of amides is 4. The number of hydrogen-bond donors (Lipinski definition) is 11. The molecule has 1 aromatic heterocycles. The average molecular weight is 902 g/mol. The molecule has 22 nitrogen and oxygen atoms in total. The zero-order valence-corrected chi connectivity index (χ0v) is 36.6. The van der Waals surface area contributed by atoms with E-state index in [1.54, 1.807) is 31.2 Å². The first-order valence-corrected chi connectivity index (χ1v) is 20.2. The van der Waals surface area contributed by atoms with Crippen LogP contribution in [0.5, 0.6) is 0 Å². The molecule has 0 radical (unpaired) electrons. The average Bonchev–Trinajstić information content (AvgIpc) is 3.20.